The Morgan fingerprint density at radius 2 is 2.05 bits per heavy atom. The van der Waals surface area contributed by atoms with E-state index in [0.717, 1.165) is 25.8 Å². The van der Waals surface area contributed by atoms with Crippen molar-refractivity contribution in [1.82, 2.24) is 4.90 Å². The molecule has 1 heterocycles. The Labute approximate surface area is 122 Å². The summed E-state index contributed by atoms with van der Waals surface area (Å²) in [6, 6.07) is 10.5. The van der Waals surface area contributed by atoms with Gasteiger partial charge in [-0.1, -0.05) is 43.3 Å². The van der Waals surface area contributed by atoms with Gasteiger partial charge in [-0.05, 0) is 37.7 Å². The average molecular weight is 271 g/mol. The first kappa shape index (κ1) is 14.8. The molecule has 0 saturated carbocycles. The molecule has 20 heavy (non-hydrogen) atoms. The number of carbonyl (C=O) groups is 1. The summed E-state index contributed by atoms with van der Waals surface area (Å²) >= 11 is 0. The third-order valence-corrected chi connectivity index (χ3v) is 4.36. The van der Waals surface area contributed by atoms with Crippen LogP contribution in [0.4, 0.5) is 0 Å². The van der Waals surface area contributed by atoms with Crippen LogP contribution >= 0.6 is 0 Å². The van der Waals surface area contributed by atoms with Crippen molar-refractivity contribution in [3.63, 3.8) is 0 Å². The van der Waals surface area contributed by atoms with Gasteiger partial charge in [0.05, 0.1) is 6.04 Å². The van der Waals surface area contributed by atoms with Crippen LogP contribution in [0.3, 0.4) is 0 Å². The van der Waals surface area contributed by atoms with Gasteiger partial charge >= 0.3 is 0 Å². The molecule has 0 aliphatic carbocycles. The van der Waals surface area contributed by atoms with Gasteiger partial charge < -0.3 is 4.90 Å². The fraction of sp³-hybridized carbons (Fsp3) is 0.500. The minimum Gasteiger partial charge on any atom is -0.336 e. The molecule has 2 nitrogen and oxygen atoms in total. The Bertz CT molecular complexity index is 454. The first-order valence-electron chi connectivity index (χ1n) is 7.59. The van der Waals surface area contributed by atoms with E-state index in [1.807, 2.05) is 29.2 Å². The summed E-state index contributed by atoms with van der Waals surface area (Å²) in [6.07, 6.45) is 4.94. The van der Waals surface area contributed by atoms with Gasteiger partial charge in [-0.3, -0.25) is 4.79 Å². The van der Waals surface area contributed by atoms with Gasteiger partial charge in [-0.25, -0.2) is 0 Å². The number of benzene rings is 1. The number of hydrogen-bond donors (Lipinski definition) is 0. The normalized spacial score (nSPS) is 21.8. The SMILES string of the molecule is C=CCC(C)CC1CCN([C@@H](C)c2ccccc2)C1=O. The van der Waals surface area contributed by atoms with Crippen LogP contribution in [-0.4, -0.2) is 17.4 Å². The number of allylic oxidation sites excluding steroid dienone is 1. The molecule has 0 N–H and O–H groups in total. The molecule has 1 fully saturated rings. The lowest BCUT2D eigenvalue weighted by Gasteiger charge is -2.25. The summed E-state index contributed by atoms with van der Waals surface area (Å²) in [5.41, 5.74) is 1.22. The van der Waals surface area contributed by atoms with E-state index in [1.54, 1.807) is 0 Å². The van der Waals surface area contributed by atoms with Crippen molar-refractivity contribution in [2.45, 2.75) is 39.2 Å². The molecule has 0 bridgehead atoms. The molecular formula is C18H25NO. The Kier molecular flexibility index (Phi) is 4.99. The van der Waals surface area contributed by atoms with Crippen LogP contribution in [-0.2, 0) is 4.79 Å². The zero-order valence-corrected chi connectivity index (χ0v) is 12.6. The Morgan fingerprint density at radius 1 is 1.35 bits per heavy atom. The van der Waals surface area contributed by atoms with Crippen LogP contribution < -0.4 is 0 Å². The second kappa shape index (κ2) is 6.74. The summed E-state index contributed by atoms with van der Waals surface area (Å²) in [4.78, 5) is 14.6. The molecule has 0 spiro atoms. The van der Waals surface area contributed by atoms with Crippen molar-refractivity contribution < 1.29 is 4.79 Å². The van der Waals surface area contributed by atoms with E-state index in [9.17, 15) is 4.79 Å². The molecule has 2 heteroatoms. The van der Waals surface area contributed by atoms with E-state index in [0.29, 0.717) is 11.8 Å². The minimum absolute atomic E-state index is 0.184. The zero-order chi connectivity index (χ0) is 14.5. The third-order valence-electron chi connectivity index (χ3n) is 4.36. The van der Waals surface area contributed by atoms with Crippen molar-refractivity contribution in [1.29, 1.82) is 0 Å². The molecule has 1 aliphatic rings. The van der Waals surface area contributed by atoms with E-state index in [2.05, 4.69) is 32.6 Å². The summed E-state index contributed by atoms with van der Waals surface area (Å²) in [5.74, 6) is 1.09. The molecule has 3 atom stereocenters. The Morgan fingerprint density at radius 3 is 2.70 bits per heavy atom. The number of rotatable bonds is 6. The fourth-order valence-electron chi connectivity index (χ4n) is 3.14. The van der Waals surface area contributed by atoms with Crippen molar-refractivity contribution >= 4 is 5.91 Å². The quantitative estimate of drug-likeness (QED) is 0.710. The van der Waals surface area contributed by atoms with Gasteiger partial charge in [0.2, 0.25) is 5.91 Å². The fourth-order valence-corrected chi connectivity index (χ4v) is 3.14. The lowest BCUT2D eigenvalue weighted by molar-refractivity contribution is -0.133. The van der Waals surface area contributed by atoms with E-state index < -0.39 is 0 Å². The molecule has 1 aromatic carbocycles. The second-order valence-electron chi connectivity index (χ2n) is 5.97. The number of amides is 1. The monoisotopic (exact) mass is 271 g/mol. The molecule has 2 rings (SSSR count). The van der Waals surface area contributed by atoms with Crippen LogP contribution in [0.5, 0.6) is 0 Å². The smallest absolute Gasteiger partial charge is 0.226 e. The molecule has 1 amide bonds. The van der Waals surface area contributed by atoms with Crippen molar-refractivity contribution in [3.8, 4) is 0 Å². The summed E-state index contributed by atoms with van der Waals surface area (Å²) in [6.45, 7) is 9.01. The standard InChI is InChI=1S/C18H25NO/c1-4-8-14(2)13-17-11-12-19(18(17)20)15(3)16-9-6-5-7-10-16/h4-7,9-10,14-15,17H,1,8,11-13H2,2-3H3/t14?,15-,17?/m0/s1. The highest BCUT2D eigenvalue weighted by atomic mass is 16.2. The summed E-state index contributed by atoms with van der Waals surface area (Å²) in [7, 11) is 0. The molecule has 1 aliphatic heterocycles. The van der Waals surface area contributed by atoms with Crippen molar-refractivity contribution in [2.75, 3.05) is 6.54 Å². The molecule has 1 aromatic rings. The van der Waals surface area contributed by atoms with Crippen molar-refractivity contribution in [2.24, 2.45) is 11.8 Å². The van der Waals surface area contributed by atoms with Gasteiger partial charge in [0, 0.05) is 12.5 Å². The predicted molar refractivity (Wildman–Crippen MR) is 83.3 cm³/mol. The Hall–Kier alpha value is -1.57. The first-order chi connectivity index (χ1) is 9.63. The lowest BCUT2D eigenvalue weighted by Crippen LogP contribution is -2.30. The third kappa shape index (κ3) is 3.30. The summed E-state index contributed by atoms with van der Waals surface area (Å²) in [5, 5.41) is 0. The predicted octanol–water partition coefficient (Wildman–Crippen LogP) is 4.20. The van der Waals surface area contributed by atoms with Gasteiger partial charge in [-0.15, -0.1) is 6.58 Å². The van der Waals surface area contributed by atoms with E-state index in [1.165, 1.54) is 5.56 Å². The van der Waals surface area contributed by atoms with Gasteiger partial charge in [-0.2, -0.15) is 0 Å². The van der Waals surface area contributed by atoms with E-state index in [4.69, 9.17) is 0 Å². The highest BCUT2D eigenvalue weighted by Crippen LogP contribution is 2.32. The maximum absolute atomic E-state index is 12.6. The maximum Gasteiger partial charge on any atom is 0.226 e. The van der Waals surface area contributed by atoms with Gasteiger partial charge in [0.1, 0.15) is 0 Å². The van der Waals surface area contributed by atoms with Crippen LogP contribution in [0.2, 0.25) is 0 Å². The molecular weight excluding hydrogens is 246 g/mol. The van der Waals surface area contributed by atoms with Crippen LogP contribution in [0, 0.1) is 11.8 Å². The first-order valence-corrected chi connectivity index (χ1v) is 7.59. The van der Waals surface area contributed by atoms with Crippen LogP contribution in [0.1, 0.15) is 44.7 Å². The van der Waals surface area contributed by atoms with Gasteiger partial charge in [0.15, 0.2) is 0 Å². The van der Waals surface area contributed by atoms with Gasteiger partial charge in [0.25, 0.3) is 0 Å². The van der Waals surface area contributed by atoms with E-state index >= 15 is 0 Å². The van der Waals surface area contributed by atoms with Crippen molar-refractivity contribution in [3.05, 3.63) is 48.6 Å². The van der Waals surface area contributed by atoms with Crippen LogP contribution in [0.25, 0.3) is 0 Å². The number of nitrogens with zero attached hydrogens (tertiary/aromatic N) is 1. The largest absolute Gasteiger partial charge is 0.336 e. The average Bonchev–Trinajstić information content (AvgIpc) is 2.81. The minimum atomic E-state index is 0.184. The van der Waals surface area contributed by atoms with Crippen LogP contribution in [0.15, 0.2) is 43.0 Å². The molecule has 1 saturated heterocycles. The number of likely N-dealkylation sites (tertiary alicyclic amines) is 1. The molecule has 0 radical (unpaired) electrons. The lowest BCUT2D eigenvalue weighted by atomic mass is 9.92. The topological polar surface area (TPSA) is 20.3 Å². The molecule has 108 valence electrons. The number of hydrogen-bond acceptors (Lipinski definition) is 1. The molecule has 2 unspecified atom stereocenters. The summed E-state index contributed by atoms with van der Waals surface area (Å²) < 4.78 is 0. The maximum atomic E-state index is 12.6. The highest BCUT2D eigenvalue weighted by Gasteiger charge is 2.35. The molecule has 0 aromatic heterocycles. The van der Waals surface area contributed by atoms with E-state index in [-0.39, 0.29) is 12.0 Å². The zero-order valence-electron chi connectivity index (χ0n) is 12.6. The highest BCUT2D eigenvalue weighted by molar-refractivity contribution is 5.81. The number of carbonyl (C=O) groups excluding carboxylic acids is 1. The second-order valence-corrected chi connectivity index (χ2v) is 5.97. The Balaban J connectivity index is 1.99.